The molecule has 0 N–H and O–H groups in total. The van der Waals surface area contributed by atoms with Gasteiger partial charge in [0.1, 0.15) is 0 Å². The molecule has 0 bridgehead atoms. The fraction of sp³-hybridized carbons (Fsp3) is 0.304. The summed E-state index contributed by atoms with van der Waals surface area (Å²) in [5.41, 5.74) is 6.04. The van der Waals surface area contributed by atoms with Crippen molar-refractivity contribution >= 4 is 59.5 Å². The molecule has 3 aromatic carbocycles. The van der Waals surface area contributed by atoms with E-state index in [1.54, 1.807) is 11.1 Å². The molecular weight excluding hydrogens is 492 g/mol. The molecule has 1 atom stereocenters. The molecule has 27 heavy (non-hydrogen) atoms. The van der Waals surface area contributed by atoms with Gasteiger partial charge in [-0.2, -0.15) is 0 Å². The van der Waals surface area contributed by atoms with Crippen LogP contribution >= 0.6 is 31.9 Å². The SMILES string of the molecule is C[Si](C)CC1([Si](C)(C)C)c2cc(Br)ccc2-c2c1cc(Br)c1ccccc21. The number of fused-ring (bicyclic) bond motifs is 5. The van der Waals surface area contributed by atoms with Crippen molar-refractivity contribution < 1.29 is 0 Å². The van der Waals surface area contributed by atoms with Crippen molar-refractivity contribution in [2.45, 2.75) is 43.8 Å². The molecule has 139 valence electrons. The topological polar surface area (TPSA) is 0 Å². The predicted molar refractivity (Wildman–Crippen MR) is 131 cm³/mol. The maximum Gasteiger partial charge on any atom is 0.0609 e. The van der Waals surface area contributed by atoms with Gasteiger partial charge in [0.15, 0.2) is 0 Å². The van der Waals surface area contributed by atoms with Crippen LogP contribution in [0.3, 0.4) is 0 Å². The molecule has 0 heterocycles. The maximum atomic E-state index is 3.91. The molecule has 1 aliphatic carbocycles. The first kappa shape index (κ1) is 19.6. The molecule has 0 saturated carbocycles. The lowest BCUT2D eigenvalue weighted by molar-refractivity contribution is 0.787. The standard InChI is InChI=1S/C23H25Br2Si2/c1-26(2)14-23(27(3,4)5)19-12-15(24)10-11-18(19)22-17-9-7-6-8-16(17)21(25)13-20(22)23/h6-13H,14H2,1-5H3. The minimum Gasteiger partial charge on any atom is -0.0712 e. The molecule has 0 aliphatic heterocycles. The largest absolute Gasteiger partial charge is 0.0712 e. The summed E-state index contributed by atoms with van der Waals surface area (Å²) in [5.74, 6) is 0. The molecule has 0 saturated heterocycles. The molecule has 0 nitrogen and oxygen atoms in total. The summed E-state index contributed by atoms with van der Waals surface area (Å²) in [7, 11) is -2.00. The Morgan fingerprint density at radius 3 is 2.19 bits per heavy atom. The summed E-state index contributed by atoms with van der Waals surface area (Å²) >= 11 is 7.68. The first-order valence-electron chi connectivity index (χ1n) is 9.48. The van der Waals surface area contributed by atoms with E-state index in [0.717, 1.165) is 0 Å². The molecule has 0 amide bonds. The smallest absolute Gasteiger partial charge is 0.0609 e. The second-order valence-electron chi connectivity index (χ2n) is 9.06. The van der Waals surface area contributed by atoms with Crippen LogP contribution in [0.1, 0.15) is 11.1 Å². The number of rotatable bonds is 3. The van der Waals surface area contributed by atoms with Crippen molar-refractivity contribution in [2.75, 3.05) is 0 Å². The molecule has 4 heteroatoms. The van der Waals surface area contributed by atoms with Crippen molar-refractivity contribution in [1.29, 1.82) is 0 Å². The Kier molecular flexibility index (Phi) is 4.86. The van der Waals surface area contributed by atoms with Crippen LogP contribution in [0, 0.1) is 0 Å². The van der Waals surface area contributed by atoms with E-state index in [2.05, 4.69) is 113 Å². The second kappa shape index (κ2) is 6.68. The van der Waals surface area contributed by atoms with Crippen LogP contribution in [0.5, 0.6) is 0 Å². The Morgan fingerprint density at radius 1 is 0.889 bits per heavy atom. The van der Waals surface area contributed by atoms with Gasteiger partial charge < -0.3 is 0 Å². The van der Waals surface area contributed by atoms with Gasteiger partial charge in [-0.15, -0.1) is 0 Å². The highest BCUT2D eigenvalue weighted by Gasteiger charge is 2.52. The molecule has 1 radical (unpaired) electrons. The van der Waals surface area contributed by atoms with E-state index in [9.17, 15) is 0 Å². The molecule has 0 fully saturated rings. The van der Waals surface area contributed by atoms with Crippen molar-refractivity contribution in [2.24, 2.45) is 0 Å². The molecule has 3 aromatic rings. The maximum absolute atomic E-state index is 3.91. The molecular formula is C23H25Br2Si2. The lowest BCUT2D eigenvalue weighted by Crippen LogP contribution is -2.50. The normalized spacial score (nSPS) is 18.8. The summed E-state index contributed by atoms with van der Waals surface area (Å²) in [6, 6.07) is 19.6. The third-order valence-electron chi connectivity index (χ3n) is 6.06. The summed E-state index contributed by atoms with van der Waals surface area (Å²) in [6.45, 7) is 12.6. The average Bonchev–Trinajstić information content (AvgIpc) is 2.85. The second-order valence-corrected chi connectivity index (χ2v) is 18.9. The molecule has 4 rings (SSSR count). The van der Waals surface area contributed by atoms with Gasteiger partial charge in [-0.1, -0.05) is 94.9 Å². The zero-order valence-electron chi connectivity index (χ0n) is 16.6. The predicted octanol–water partition coefficient (Wildman–Crippen LogP) is 8.26. The van der Waals surface area contributed by atoms with Crippen LogP contribution in [0.15, 0.2) is 57.5 Å². The third kappa shape index (κ3) is 2.86. The van der Waals surface area contributed by atoms with Crippen LogP contribution in [0.4, 0.5) is 0 Å². The molecule has 0 aromatic heterocycles. The van der Waals surface area contributed by atoms with Crippen LogP contribution < -0.4 is 0 Å². The van der Waals surface area contributed by atoms with Crippen LogP contribution in [0.25, 0.3) is 21.9 Å². The van der Waals surface area contributed by atoms with Gasteiger partial charge in [0.2, 0.25) is 0 Å². The quantitative estimate of drug-likeness (QED) is 0.307. The van der Waals surface area contributed by atoms with Gasteiger partial charge in [0, 0.05) is 22.8 Å². The van der Waals surface area contributed by atoms with Crippen molar-refractivity contribution in [3.63, 3.8) is 0 Å². The summed E-state index contributed by atoms with van der Waals surface area (Å²) in [6.07, 6.45) is 0. The Hall–Kier alpha value is -0.686. The Labute approximate surface area is 182 Å². The van der Waals surface area contributed by atoms with E-state index in [1.165, 1.54) is 36.9 Å². The highest BCUT2D eigenvalue weighted by atomic mass is 79.9. The van der Waals surface area contributed by atoms with E-state index in [-0.39, 0.29) is 5.04 Å². The third-order valence-corrected chi connectivity index (χ3v) is 12.1. The van der Waals surface area contributed by atoms with Crippen molar-refractivity contribution in [1.82, 2.24) is 0 Å². The first-order chi connectivity index (χ1) is 12.7. The average molecular weight is 517 g/mol. The Bertz CT molecular complexity index is 1050. The summed E-state index contributed by atoms with van der Waals surface area (Å²) in [5, 5.41) is 2.87. The Balaban J connectivity index is 2.23. The zero-order chi connectivity index (χ0) is 19.6. The number of hydrogen-bond acceptors (Lipinski definition) is 0. The molecule has 1 unspecified atom stereocenters. The van der Waals surface area contributed by atoms with Gasteiger partial charge in [-0.3, -0.25) is 0 Å². The van der Waals surface area contributed by atoms with Gasteiger partial charge in [-0.25, -0.2) is 0 Å². The Morgan fingerprint density at radius 2 is 1.56 bits per heavy atom. The number of benzene rings is 3. The highest BCUT2D eigenvalue weighted by molar-refractivity contribution is 9.11. The molecule has 1 aliphatic rings. The van der Waals surface area contributed by atoms with Crippen molar-refractivity contribution in [3.05, 3.63) is 68.6 Å². The van der Waals surface area contributed by atoms with Gasteiger partial charge in [0.05, 0.1) is 8.07 Å². The van der Waals surface area contributed by atoms with Gasteiger partial charge >= 0.3 is 0 Å². The fourth-order valence-electron chi connectivity index (χ4n) is 4.98. The minimum atomic E-state index is -1.59. The summed E-state index contributed by atoms with van der Waals surface area (Å²) < 4.78 is 2.42. The number of hydrogen-bond donors (Lipinski definition) is 0. The number of halogens is 2. The van der Waals surface area contributed by atoms with E-state index >= 15 is 0 Å². The van der Waals surface area contributed by atoms with E-state index in [4.69, 9.17) is 0 Å². The zero-order valence-corrected chi connectivity index (χ0v) is 21.8. The van der Waals surface area contributed by atoms with Crippen LogP contribution in [0.2, 0.25) is 38.8 Å². The minimum absolute atomic E-state index is 0.172. The lowest BCUT2D eigenvalue weighted by Gasteiger charge is -2.44. The van der Waals surface area contributed by atoms with E-state index in [0.29, 0.717) is 0 Å². The summed E-state index contributed by atoms with van der Waals surface area (Å²) in [4.78, 5) is 0. The highest BCUT2D eigenvalue weighted by Crippen LogP contribution is 2.59. The monoisotopic (exact) mass is 515 g/mol. The fourth-order valence-corrected chi connectivity index (χ4v) is 12.6. The van der Waals surface area contributed by atoms with E-state index in [1.807, 2.05) is 0 Å². The molecule has 0 spiro atoms. The van der Waals surface area contributed by atoms with Crippen LogP contribution in [-0.2, 0) is 5.04 Å². The van der Waals surface area contributed by atoms with E-state index < -0.39 is 16.9 Å². The first-order valence-corrected chi connectivity index (χ1v) is 17.3. The van der Waals surface area contributed by atoms with Gasteiger partial charge in [-0.05, 0) is 57.3 Å². The van der Waals surface area contributed by atoms with Crippen LogP contribution in [-0.4, -0.2) is 16.9 Å². The van der Waals surface area contributed by atoms with Crippen molar-refractivity contribution in [3.8, 4) is 11.1 Å². The van der Waals surface area contributed by atoms with Gasteiger partial charge in [0.25, 0.3) is 0 Å². The lowest BCUT2D eigenvalue weighted by atomic mass is 9.95.